The lowest BCUT2D eigenvalue weighted by atomic mass is 10.1. The van der Waals surface area contributed by atoms with Gasteiger partial charge in [0.25, 0.3) is 5.56 Å². The van der Waals surface area contributed by atoms with Crippen molar-refractivity contribution in [2.24, 2.45) is 0 Å². The van der Waals surface area contributed by atoms with E-state index in [4.69, 9.17) is 9.47 Å². The van der Waals surface area contributed by atoms with Crippen LogP contribution < -0.4 is 15.0 Å². The quantitative estimate of drug-likeness (QED) is 0.345. The van der Waals surface area contributed by atoms with Gasteiger partial charge in [-0.3, -0.25) is 9.20 Å². The molecule has 0 atom stereocenters. The molecule has 0 saturated carbocycles. The van der Waals surface area contributed by atoms with Crippen LogP contribution in [0.1, 0.15) is 11.1 Å². The van der Waals surface area contributed by atoms with E-state index in [1.807, 2.05) is 65.1 Å². The van der Waals surface area contributed by atoms with Crippen LogP contribution in [-0.4, -0.2) is 33.4 Å². The minimum absolute atomic E-state index is 0.157. The van der Waals surface area contributed by atoms with Crippen LogP contribution >= 0.6 is 11.8 Å². The third-order valence-electron chi connectivity index (χ3n) is 5.50. The highest BCUT2D eigenvalue weighted by Gasteiger charge is 2.18. The number of ether oxygens (including phenoxy) is 2. The summed E-state index contributed by atoms with van der Waals surface area (Å²) < 4.78 is 14.4. The zero-order valence-electron chi connectivity index (χ0n) is 18.5. The van der Waals surface area contributed by atoms with Gasteiger partial charge in [-0.15, -0.1) is 10.2 Å². The number of rotatable bonds is 6. The first kappa shape index (κ1) is 21.1. The molecule has 0 fully saturated rings. The molecule has 5 rings (SSSR count). The average Bonchev–Trinajstić information content (AvgIpc) is 3.27. The van der Waals surface area contributed by atoms with E-state index in [2.05, 4.69) is 23.2 Å². The highest BCUT2D eigenvalue weighted by Crippen LogP contribution is 2.30. The van der Waals surface area contributed by atoms with Gasteiger partial charge < -0.3 is 9.47 Å². The molecule has 3 aromatic carbocycles. The molecule has 8 heteroatoms. The van der Waals surface area contributed by atoms with E-state index in [-0.39, 0.29) is 5.56 Å². The molecule has 2 heterocycles. The van der Waals surface area contributed by atoms with Crippen molar-refractivity contribution in [1.82, 2.24) is 19.2 Å². The highest BCUT2D eigenvalue weighted by molar-refractivity contribution is 7.98. The fraction of sp³-hybridized carbons (Fsp3) is 0.160. The van der Waals surface area contributed by atoms with Gasteiger partial charge in [0.2, 0.25) is 5.78 Å². The molecule has 0 radical (unpaired) electrons. The smallest absolute Gasteiger partial charge is 0.267 e. The second-order valence-electron chi connectivity index (χ2n) is 7.58. The lowest BCUT2D eigenvalue weighted by Gasteiger charge is -2.12. The summed E-state index contributed by atoms with van der Waals surface area (Å²) in [6.07, 6.45) is 0. The Bertz CT molecular complexity index is 1540. The van der Waals surface area contributed by atoms with Crippen molar-refractivity contribution in [2.75, 3.05) is 14.2 Å². The van der Waals surface area contributed by atoms with Crippen molar-refractivity contribution in [1.29, 1.82) is 0 Å². The normalized spacial score (nSPS) is 11.2. The summed E-state index contributed by atoms with van der Waals surface area (Å²) in [5.41, 5.74) is 3.51. The predicted molar refractivity (Wildman–Crippen MR) is 130 cm³/mol. The summed E-state index contributed by atoms with van der Waals surface area (Å²) in [6.45, 7) is 2.06. The van der Waals surface area contributed by atoms with Crippen LogP contribution in [-0.2, 0) is 5.75 Å². The molecule has 0 spiro atoms. The predicted octanol–water partition coefficient (Wildman–Crippen LogP) is 4.65. The second-order valence-corrected chi connectivity index (χ2v) is 8.52. The van der Waals surface area contributed by atoms with Crippen molar-refractivity contribution in [3.05, 3.63) is 88.2 Å². The summed E-state index contributed by atoms with van der Waals surface area (Å²) in [4.78, 5) is 13.5. The van der Waals surface area contributed by atoms with Gasteiger partial charge in [0, 0.05) is 17.4 Å². The van der Waals surface area contributed by atoms with E-state index in [0.29, 0.717) is 33.5 Å². The minimum Gasteiger partial charge on any atom is -0.497 e. The largest absolute Gasteiger partial charge is 0.497 e. The molecular weight excluding hydrogens is 436 g/mol. The first-order valence-electron chi connectivity index (χ1n) is 10.4. The fourth-order valence-corrected chi connectivity index (χ4v) is 4.83. The third kappa shape index (κ3) is 3.72. The van der Waals surface area contributed by atoms with Crippen molar-refractivity contribution >= 4 is 28.4 Å². The van der Waals surface area contributed by atoms with E-state index >= 15 is 0 Å². The van der Waals surface area contributed by atoms with Crippen LogP contribution in [0.2, 0.25) is 0 Å². The molecule has 0 saturated heterocycles. The lowest BCUT2D eigenvalue weighted by Crippen LogP contribution is -2.21. The van der Waals surface area contributed by atoms with Crippen molar-refractivity contribution in [2.45, 2.75) is 17.8 Å². The molecule has 0 aliphatic carbocycles. The highest BCUT2D eigenvalue weighted by atomic mass is 32.2. The molecule has 7 nitrogen and oxygen atoms in total. The van der Waals surface area contributed by atoms with E-state index < -0.39 is 0 Å². The van der Waals surface area contributed by atoms with Crippen LogP contribution in [0, 0.1) is 6.92 Å². The van der Waals surface area contributed by atoms with Crippen LogP contribution in [0.4, 0.5) is 0 Å². The summed E-state index contributed by atoms with van der Waals surface area (Å²) in [5, 5.41) is 10.2. The molecule has 5 aromatic rings. The molecule has 0 aliphatic heterocycles. The molecule has 0 amide bonds. The topological polar surface area (TPSA) is 70.7 Å². The SMILES string of the molecule is COc1cccc(-n2c(=O)c3ccccc3n3c(SCc4cc(C)ccc4OC)nnc23)c1. The Hall–Kier alpha value is -3.78. The molecule has 0 aliphatic rings. The van der Waals surface area contributed by atoms with Crippen molar-refractivity contribution < 1.29 is 9.47 Å². The van der Waals surface area contributed by atoms with Gasteiger partial charge in [-0.05, 0) is 37.3 Å². The Morgan fingerprint density at radius 2 is 1.79 bits per heavy atom. The molecule has 2 aromatic heterocycles. The second kappa shape index (κ2) is 8.63. The number of aryl methyl sites for hydroxylation is 1. The van der Waals surface area contributed by atoms with Gasteiger partial charge in [0.1, 0.15) is 11.5 Å². The number of hydrogen-bond donors (Lipinski definition) is 0. The van der Waals surface area contributed by atoms with Gasteiger partial charge in [0.15, 0.2) is 5.16 Å². The monoisotopic (exact) mass is 458 g/mol. The number of para-hydroxylation sites is 1. The zero-order valence-corrected chi connectivity index (χ0v) is 19.3. The number of nitrogens with zero attached hydrogens (tertiary/aromatic N) is 4. The average molecular weight is 459 g/mol. The van der Waals surface area contributed by atoms with Gasteiger partial charge in [-0.2, -0.15) is 0 Å². The Morgan fingerprint density at radius 1 is 0.939 bits per heavy atom. The number of fused-ring (bicyclic) bond motifs is 3. The summed E-state index contributed by atoms with van der Waals surface area (Å²) in [5.74, 6) is 2.59. The molecule has 33 heavy (non-hydrogen) atoms. The number of aromatic nitrogens is 4. The van der Waals surface area contributed by atoms with Gasteiger partial charge in [0.05, 0.1) is 30.8 Å². The van der Waals surface area contributed by atoms with E-state index in [9.17, 15) is 4.79 Å². The first-order valence-corrected chi connectivity index (χ1v) is 11.4. The molecule has 0 bridgehead atoms. The third-order valence-corrected chi connectivity index (χ3v) is 6.48. The molecule has 0 N–H and O–H groups in total. The molecule has 166 valence electrons. The lowest BCUT2D eigenvalue weighted by molar-refractivity contribution is 0.411. The number of thioether (sulfide) groups is 1. The Morgan fingerprint density at radius 3 is 2.61 bits per heavy atom. The van der Waals surface area contributed by atoms with Crippen molar-refractivity contribution in [3.8, 4) is 17.2 Å². The molecule has 0 unspecified atom stereocenters. The van der Waals surface area contributed by atoms with E-state index in [1.54, 1.807) is 30.5 Å². The van der Waals surface area contributed by atoms with Crippen molar-refractivity contribution in [3.63, 3.8) is 0 Å². The molecular formula is C25H22N4O3S. The first-order chi connectivity index (χ1) is 16.1. The van der Waals surface area contributed by atoms with Gasteiger partial charge in [-0.1, -0.05) is 47.7 Å². The summed E-state index contributed by atoms with van der Waals surface area (Å²) in [7, 11) is 3.27. The standard InChI is InChI=1S/C25H22N4O3S/c1-16-11-12-22(32-3)17(13-16)15-33-25-27-26-24-28(18-7-6-8-19(14-18)31-2)23(30)20-9-4-5-10-21(20)29(24)25/h4-14H,15H2,1-3H3. The zero-order chi connectivity index (χ0) is 22.9. The maximum absolute atomic E-state index is 13.5. The fourth-order valence-electron chi connectivity index (χ4n) is 3.92. The van der Waals surface area contributed by atoms with E-state index in [1.165, 1.54) is 0 Å². The van der Waals surface area contributed by atoms with Crippen LogP contribution in [0.5, 0.6) is 11.5 Å². The maximum Gasteiger partial charge on any atom is 0.267 e. The Balaban J connectivity index is 1.69. The summed E-state index contributed by atoms with van der Waals surface area (Å²) in [6, 6.07) is 21.0. The maximum atomic E-state index is 13.5. The minimum atomic E-state index is -0.157. The van der Waals surface area contributed by atoms with Crippen LogP contribution in [0.3, 0.4) is 0 Å². The van der Waals surface area contributed by atoms with E-state index in [0.717, 1.165) is 22.4 Å². The van der Waals surface area contributed by atoms with Crippen LogP contribution in [0.25, 0.3) is 22.4 Å². The van der Waals surface area contributed by atoms with Gasteiger partial charge in [-0.25, -0.2) is 4.57 Å². The number of benzene rings is 3. The number of methoxy groups -OCH3 is 2. The summed E-state index contributed by atoms with van der Waals surface area (Å²) >= 11 is 1.55. The number of hydrogen-bond acceptors (Lipinski definition) is 6. The van der Waals surface area contributed by atoms with Crippen LogP contribution in [0.15, 0.2) is 76.7 Å². The Labute approximate surface area is 194 Å². The Kier molecular flexibility index (Phi) is 5.51. The van der Waals surface area contributed by atoms with Gasteiger partial charge >= 0.3 is 0 Å².